The minimum atomic E-state index is -1.23. The second kappa shape index (κ2) is 6.90. The van der Waals surface area contributed by atoms with Crippen LogP contribution in [0.25, 0.3) is 0 Å². The molecule has 0 aromatic heterocycles. The van der Waals surface area contributed by atoms with Crippen molar-refractivity contribution >= 4 is 18.4 Å². The average Bonchev–Trinajstić information content (AvgIpc) is 2.41. The standard InChI is InChI=1S/C14H18FNO3.ClH/c15-11-7-9(14(18)19)6-10(13(11)17)12(16)8-4-2-1-3-5-8;/h6-8,12,17H,1-5,16H2,(H,18,19);1H/t12-;/m1./s1. The highest BCUT2D eigenvalue weighted by Gasteiger charge is 2.26. The van der Waals surface area contributed by atoms with E-state index in [1.165, 1.54) is 12.5 Å². The van der Waals surface area contributed by atoms with Gasteiger partial charge in [0.15, 0.2) is 11.6 Å². The largest absolute Gasteiger partial charge is 0.505 e. The van der Waals surface area contributed by atoms with Crippen molar-refractivity contribution in [2.24, 2.45) is 11.7 Å². The Hall–Kier alpha value is -1.33. The lowest BCUT2D eigenvalue weighted by molar-refractivity contribution is 0.0696. The van der Waals surface area contributed by atoms with E-state index in [1.54, 1.807) is 0 Å². The number of aromatic hydroxyl groups is 1. The summed E-state index contributed by atoms with van der Waals surface area (Å²) in [5, 5.41) is 18.7. The molecule has 1 aliphatic carbocycles. The molecule has 1 atom stereocenters. The van der Waals surface area contributed by atoms with Crippen LogP contribution in [0.15, 0.2) is 12.1 Å². The summed E-state index contributed by atoms with van der Waals surface area (Å²) in [6.45, 7) is 0. The Morgan fingerprint density at radius 1 is 1.30 bits per heavy atom. The topological polar surface area (TPSA) is 83.6 Å². The maximum Gasteiger partial charge on any atom is 0.335 e. The van der Waals surface area contributed by atoms with Crippen molar-refractivity contribution < 1.29 is 19.4 Å². The van der Waals surface area contributed by atoms with Gasteiger partial charge in [0.1, 0.15) is 0 Å². The molecule has 1 aromatic rings. The Morgan fingerprint density at radius 2 is 1.90 bits per heavy atom. The van der Waals surface area contributed by atoms with Gasteiger partial charge in [0.05, 0.1) is 5.56 Å². The van der Waals surface area contributed by atoms with Crippen molar-refractivity contribution in [2.75, 3.05) is 0 Å². The van der Waals surface area contributed by atoms with E-state index in [-0.39, 0.29) is 29.5 Å². The lowest BCUT2D eigenvalue weighted by atomic mass is 9.81. The minimum Gasteiger partial charge on any atom is -0.505 e. The highest BCUT2D eigenvalue weighted by atomic mass is 35.5. The predicted octanol–water partition coefficient (Wildman–Crippen LogP) is 3.23. The van der Waals surface area contributed by atoms with E-state index >= 15 is 0 Å². The second-order valence-electron chi connectivity index (χ2n) is 5.12. The summed E-state index contributed by atoms with van der Waals surface area (Å²) in [5.41, 5.74) is 6.10. The average molecular weight is 304 g/mol. The molecule has 1 saturated carbocycles. The van der Waals surface area contributed by atoms with Gasteiger partial charge in [-0.2, -0.15) is 0 Å². The number of phenolic OH excluding ortho intramolecular Hbond substituents is 1. The van der Waals surface area contributed by atoms with E-state index in [1.807, 2.05) is 0 Å². The highest BCUT2D eigenvalue weighted by molar-refractivity contribution is 5.88. The number of rotatable bonds is 3. The first kappa shape index (κ1) is 16.7. The molecule has 0 bridgehead atoms. The first-order valence-corrected chi connectivity index (χ1v) is 6.52. The molecule has 1 fully saturated rings. The molecular weight excluding hydrogens is 285 g/mol. The summed E-state index contributed by atoms with van der Waals surface area (Å²) in [7, 11) is 0. The van der Waals surface area contributed by atoms with Crippen LogP contribution in [0, 0.1) is 11.7 Å². The molecule has 0 aliphatic heterocycles. The summed E-state index contributed by atoms with van der Waals surface area (Å²) in [4.78, 5) is 10.9. The molecular formula is C14H19ClFNO3. The van der Waals surface area contributed by atoms with Gasteiger partial charge in [-0.3, -0.25) is 0 Å². The fraction of sp³-hybridized carbons (Fsp3) is 0.500. The second-order valence-corrected chi connectivity index (χ2v) is 5.12. The molecule has 1 aromatic carbocycles. The number of benzene rings is 1. The Labute approximate surface area is 123 Å². The SMILES string of the molecule is Cl.N[C@@H](c1cc(C(=O)O)cc(F)c1O)C1CCCCC1. The third-order valence-corrected chi connectivity index (χ3v) is 3.86. The van der Waals surface area contributed by atoms with Gasteiger partial charge in [0, 0.05) is 11.6 Å². The zero-order chi connectivity index (χ0) is 14.0. The summed E-state index contributed by atoms with van der Waals surface area (Å²) >= 11 is 0. The molecule has 0 unspecified atom stereocenters. The van der Waals surface area contributed by atoms with E-state index in [2.05, 4.69) is 0 Å². The van der Waals surface area contributed by atoms with Crippen LogP contribution in [0.5, 0.6) is 5.75 Å². The van der Waals surface area contributed by atoms with Gasteiger partial charge in [-0.05, 0) is 30.9 Å². The van der Waals surface area contributed by atoms with Crippen LogP contribution in [0.4, 0.5) is 4.39 Å². The maximum absolute atomic E-state index is 13.6. The van der Waals surface area contributed by atoms with Crippen molar-refractivity contribution in [2.45, 2.75) is 38.1 Å². The molecule has 6 heteroatoms. The maximum atomic E-state index is 13.6. The smallest absolute Gasteiger partial charge is 0.335 e. The number of nitrogens with two attached hydrogens (primary N) is 1. The lowest BCUT2D eigenvalue weighted by Gasteiger charge is -2.28. The van der Waals surface area contributed by atoms with Crippen molar-refractivity contribution in [1.82, 2.24) is 0 Å². The van der Waals surface area contributed by atoms with Gasteiger partial charge in [0.2, 0.25) is 0 Å². The lowest BCUT2D eigenvalue weighted by Crippen LogP contribution is -2.24. The van der Waals surface area contributed by atoms with Crippen molar-refractivity contribution in [3.8, 4) is 5.75 Å². The number of halogens is 2. The molecule has 4 nitrogen and oxygen atoms in total. The molecule has 112 valence electrons. The summed E-state index contributed by atoms with van der Waals surface area (Å²) in [5.74, 6) is -2.51. The quantitative estimate of drug-likeness (QED) is 0.800. The number of carbonyl (C=O) groups is 1. The predicted molar refractivity (Wildman–Crippen MR) is 75.8 cm³/mol. The number of phenols is 1. The normalized spacial score (nSPS) is 17.3. The fourth-order valence-electron chi connectivity index (χ4n) is 2.75. The van der Waals surface area contributed by atoms with Crippen LogP contribution >= 0.6 is 12.4 Å². The highest BCUT2D eigenvalue weighted by Crippen LogP contribution is 2.37. The van der Waals surface area contributed by atoms with E-state index in [0.29, 0.717) is 0 Å². The summed E-state index contributed by atoms with van der Waals surface area (Å²) in [6.07, 6.45) is 5.16. The van der Waals surface area contributed by atoms with E-state index in [0.717, 1.165) is 31.7 Å². The third-order valence-electron chi connectivity index (χ3n) is 3.86. The van der Waals surface area contributed by atoms with E-state index < -0.39 is 23.6 Å². The zero-order valence-corrected chi connectivity index (χ0v) is 11.8. The van der Waals surface area contributed by atoms with Gasteiger partial charge >= 0.3 is 5.97 Å². The molecule has 0 amide bonds. The zero-order valence-electron chi connectivity index (χ0n) is 11.0. The number of hydrogen-bond donors (Lipinski definition) is 3. The summed E-state index contributed by atoms with van der Waals surface area (Å²) < 4.78 is 13.6. The van der Waals surface area contributed by atoms with Gasteiger partial charge in [0.25, 0.3) is 0 Å². The molecule has 20 heavy (non-hydrogen) atoms. The van der Waals surface area contributed by atoms with E-state index in [4.69, 9.17) is 10.8 Å². The van der Waals surface area contributed by atoms with Crippen LogP contribution in [-0.2, 0) is 0 Å². The molecule has 1 aliphatic rings. The molecule has 0 radical (unpaired) electrons. The van der Waals surface area contributed by atoms with Crippen LogP contribution in [-0.4, -0.2) is 16.2 Å². The first-order chi connectivity index (χ1) is 9.00. The number of aromatic carboxylic acids is 1. The molecule has 0 saturated heterocycles. The van der Waals surface area contributed by atoms with Crippen LogP contribution < -0.4 is 5.73 Å². The third kappa shape index (κ3) is 3.41. The van der Waals surface area contributed by atoms with Crippen LogP contribution in [0.2, 0.25) is 0 Å². The first-order valence-electron chi connectivity index (χ1n) is 6.52. The van der Waals surface area contributed by atoms with Gasteiger partial charge < -0.3 is 15.9 Å². The van der Waals surface area contributed by atoms with Crippen LogP contribution in [0.3, 0.4) is 0 Å². The Kier molecular flexibility index (Phi) is 5.77. The number of hydrogen-bond acceptors (Lipinski definition) is 3. The monoisotopic (exact) mass is 303 g/mol. The van der Waals surface area contributed by atoms with E-state index in [9.17, 15) is 14.3 Å². The number of carboxylic acids is 1. The Bertz CT molecular complexity index is 490. The van der Waals surface area contributed by atoms with Crippen LogP contribution in [0.1, 0.15) is 54.1 Å². The molecule has 0 heterocycles. The van der Waals surface area contributed by atoms with Gasteiger partial charge in [-0.15, -0.1) is 12.4 Å². The Balaban J connectivity index is 0.00000200. The van der Waals surface area contributed by atoms with Gasteiger partial charge in [-0.1, -0.05) is 19.3 Å². The van der Waals surface area contributed by atoms with Crippen molar-refractivity contribution in [3.05, 3.63) is 29.1 Å². The molecule has 4 N–H and O–H groups in total. The van der Waals surface area contributed by atoms with Gasteiger partial charge in [-0.25, -0.2) is 9.18 Å². The number of carboxylic acid groups (broad SMARTS) is 1. The minimum absolute atomic E-state index is 0. The fourth-order valence-corrected chi connectivity index (χ4v) is 2.75. The Morgan fingerprint density at radius 3 is 2.45 bits per heavy atom. The van der Waals surface area contributed by atoms with Crippen molar-refractivity contribution in [1.29, 1.82) is 0 Å². The van der Waals surface area contributed by atoms with Crippen molar-refractivity contribution in [3.63, 3.8) is 0 Å². The molecule has 2 rings (SSSR count). The summed E-state index contributed by atoms with van der Waals surface area (Å²) in [6, 6.07) is 1.57. The molecule has 0 spiro atoms.